The van der Waals surface area contributed by atoms with E-state index in [0.717, 1.165) is 0 Å². The molecule has 4 aliphatic rings. The molecule has 0 radical (unpaired) electrons. The van der Waals surface area contributed by atoms with E-state index in [2.05, 4.69) is 261 Å². The number of nitrogens with zero attached hydrogens (tertiary/aromatic N) is 3. The molecule has 15 rings (SSSR count). The summed E-state index contributed by atoms with van der Waals surface area (Å²) in [5.41, 5.74) is 30.4. The summed E-state index contributed by atoms with van der Waals surface area (Å²) in [4.78, 5) is 2.81. The van der Waals surface area contributed by atoms with Crippen LogP contribution in [-0.2, 0) is 21.7 Å². The minimum absolute atomic E-state index is 0.00744. The first-order valence-corrected chi connectivity index (χ1v) is 27.4. The number of hydrogen-bond acceptors (Lipinski definition) is 1. The predicted octanol–water partition coefficient (Wildman–Crippen LogP) is 14.2. The molecule has 11 aromatic rings. The van der Waals surface area contributed by atoms with E-state index in [-0.39, 0.29) is 35.1 Å². The maximum Gasteiger partial charge on any atom is 0.251 e. The van der Waals surface area contributed by atoms with E-state index >= 15 is 0 Å². The summed E-state index contributed by atoms with van der Waals surface area (Å²) in [5, 5.41) is 5.06. The summed E-state index contributed by atoms with van der Waals surface area (Å²) >= 11 is 0. The molecule has 75 heavy (non-hydrogen) atoms. The Balaban J connectivity index is 1.22. The van der Waals surface area contributed by atoms with Gasteiger partial charge in [-0.2, -0.15) is 0 Å². The highest BCUT2D eigenvalue weighted by Gasteiger charge is 2.53. The summed E-state index contributed by atoms with van der Waals surface area (Å²) < 4.78 is 5.32. The van der Waals surface area contributed by atoms with Gasteiger partial charge in [0.15, 0.2) is 0 Å². The molecule has 0 atom stereocenters. The van der Waals surface area contributed by atoms with Crippen LogP contribution in [-0.4, -0.2) is 22.6 Å². The number of aromatic nitrogens is 2. The van der Waals surface area contributed by atoms with Crippen LogP contribution in [0.1, 0.15) is 105 Å². The van der Waals surface area contributed by atoms with Crippen molar-refractivity contribution in [2.45, 2.75) is 105 Å². The summed E-state index contributed by atoms with van der Waals surface area (Å²) in [6, 6.07) is 64.6. The Morgan fingerprint density at radius 2 is 0.667 bits per heavy atom. The van der Waals surface area contributed by atoms with Crippen LogP contribution >= 0.6 is 0 Å². The van der Waals surface area contributed by atoms with Crippen molar-refractivity contribution in [2.75, 3.05) is 4.90 Å². The molecule has 0 aliphatic carbocycles. The molecule has 0 N–H and O–H groups in total. The van der Waals surface area contributed by atoms with Crippen molar-refractivity contribution >= 4 is 107 Å². The lowest BCUT2D eigenvalue weighted by molar-refractivity contribution is 0.589. The predicted molar refractivity (Wildman–Crippen MR) is 325 cm³/mol. The second kappa shape index (κ2) is 14.7. The summed E-state index contributed by atoms with van der Waals surface area (Å²) in [6.45, 7) is 28.5. The molecule has 3 nitrogen and oxygen atoms in total. The Morgan fingerprint density at radius 1 is 0.293 bits per heavy atom. The third kappa shape index (κ3) is 6.02. The first-order valence-electron chi connectivity index (χ1n) is 27.4. The zero-order chi connectivity index (χ0) is 51.6. The molecule has 0 saturated carbocycles. The van der Waals surface area contributed by atoms with Crippen molar-refractivity contribution < 1.29 is 0 Å². The monoisotopic (exact) mass is 968 g/mol. The van der Waals surface area contributed by atoms with Crippen LogP contribution in [0.5, 0.6) is 0 Å². The average Bonchev–Trinajstić information content (AvgIpc) is 4.11. The van der Waals surface area contributed by atoms with Crippen LogP contribution in [0.4, 0.5) is 17.1 Å². The van der Waals surface area contributed by atoms with E-state index in [1.807, 2.05) is 0 Å². The van der Waals surface area contributed by atoms with Gasteiger partial charge in [0.1, 0.15) is 0 Å². The van der Waals surface area contributed by atoms with Crippen molar-refractivity contribution in [2.24, 2.45) is 0 Å². The summed E-state index contributed by atoms with van der Waals surface area (Å²) in [6.07, 6.45) is 0. The van der Waals surface area contributed by atoms with Gasteiger partial charge < -0.3 is 14.0 Å². The number of fused-ring (bicyclic) bond motifs is 16. The molecule has 6 heterocycles. The number of hydrogen-bond donors (Lipinski definition) is 0. The lowest BCUT2D eigenvalue weighted by Gasteiger charge is -2.45. The average molecular weight is 968 g/mol. The lowest BCUT2D eigenvalue weighted by atomic mass is 9.32. The van der Waals surface area contributed by atoms with E-state index < -0.39 is 0 Å². The van der Waals surface area contributed by atoms with Crippen molar-refractivity contribution in [1.29, 1.82) is 0 Å². The molecule has 0 bridgehead atoms. The van der Waals surface area contributed by atoms with Crippen molar-refractivity contribution in [1.82, 2.24) is 9.13 Å². The van der Waals surface area contributed by atoms with Gasteiger partial charge in [-0.15, -0.1) is 0 Å². The first-order chi connectivity index (χ1) is 35.8. The van der Waals surface area contributed by atoms with Gasteiger partial charge in [-0.1, -0.05) is 215 Å². The van der Waals surface area contributed by atoms with E-state index in [1.54, 1.807) is 0 Å². The highest BCUT2D eigenvalue weighted by atomic mass is 15.2. The molecular formula is C70H63B2N3. The summed E-state index contributed by atoms with van der Waals surface area (Å²) in [5.74, 6) is 0. The Hall–Kier alpha value is -7.49. The molecule has 2 aromatic heterocycles. The highest BCUT2D eigenvalue weighted by Crippen LogP contribution is 2.50. The molecule has 4 aliphatic heterocycles. The van der Waals surface area contributed by atoms with Gasteiger partial charge in [-0.05, 0) is 130 Å². The van der Waals surface area contributed by atoms with Gasteiger partial charge in [0.2, 0.25) is 6.71 Å². The third-order valence-electron chi connectivity index (χ3n) is 17.9. The fourth-order valence-electron chi connectivity index (χ4n) is 14.1. The number of anilines is 3. The van der Waals surface area contributed by atoms with Gasteiger partial charge in [0, 0.05) is 38.6 Å². The molecule has 0 unspecified atom stereocenters. The maximum absolute atomic E-state index is 2.81. The SMILES string of the molecule is CC(C)(C)c1ccc2c(c1)-c1cc(C(C)(C)C)cc3c1B2c1cc(-n2c4ccccc4c4ccccc42)c(-n2c4ccccc4c4ccccc42)c2c1N3c1cc(C(C)(C)C)cc3c1B2c1ccc(C(C)(C)C)cc1-3. The largest absolute Gasteiger partial charge is 0.312 e. The maximum atomic E-state index is 2.81. The molecule has 9 aromatic carbocycles. The van der Waals surface area contributed by atoms with Crippen molar-refractivity contribution in [3.05, 3.63) is 186 Å². The minimum Gasteiger partial charge on any atom is -0.312 e. The Morgan fingerprint density at radius 3 is 1.09 bits per heavy atom. The van der Waals surface area contributed by atoms with Crippen LogP contribution in [0, 0.1) is 0 Å². The molecule has 0 amide bonds. The van der Waals surface area contributed by atoms with Crippen LogP contribution in [0.15, 0.2) is 164 Å². The topological polar surface area (TPSA) is 13.1 Å². The number of rotatable bonds is 2. The quantitative estimate of drug-likeness (QED) is 0.157. The molecule has 5 heteroatoms. The van der Waals surface area contributed by atoms with Crippen molar-refractivity contribution in [3.8, 4) is 33.6 Å². The van der Waals surface area contributed by atoms with Gasteiger partial charge in [0.25, 0.3) is 6.71 Å². The van der Waals surface area contributed by atoms with Crippen LogP contribution in [0.2, 0.25) is 0 Å². The van der Waals surface area contributed by atoms with E-state index in [0.29, 0.717) is 0 Å². The summed E-state index contributed by atoms with van der Waals surface area (Å²) in [7, 11) is 0. The first kappa shape index (κ1) is 44.9. The minimum atomic E-state index is -0.101. The Labute approximate surface area is 443 Å². The molecular weight excluding hydrogens is 904 g/mol. The lowest BCUT2D eigenvalue weighted by Crippen LogP contribution is -2.64. The van der Waals surface area contributed by atoms with E-state index in [1.165, 1.54) is 149 Å². The molecule has 0 fully saturated rings. The van der Waals surface area contributed by atoms with Crippen LogP contribution in [0.25, 0.3) is 77.2 Å². The Bertz CT molecular complexity index is 4230. The van der Waals surface area contributed by atoms with E-state index in [4.69, 9.17) is 0 Å². The fraction of sp³-hybridized carbons (Fsp3) is 0.229. The zero-order valence-corrected chi connectivity index (χ0v) is 45.6. The second-order valence-electron chi connectivity index (χ2n) is 26.6. The number of benzene rings is 9. The normalized spacial score (nSPS) is 14.3. The zero-order valence-electron chi connectivity index (χ0n) is 45.6. The molecule has 0 spiro atoms. The number of para-hydroxylation sites is 4. The van der Waals surface area contributed by atoms with Gasteiger partial charge >= 0.3 is 0 Å². The van der Waals surface area contributed by atoms with Crippen LogP contribution < -0.4 is 37.7 Å². The smallest absolute Gasteiger partial charge is 0.251 e. The van der Waals surface area contributed by atoms with Gasteiger partial charge in [-0.3, -0.25) is 0 Å². The molecule has 0 saturated heterocycles. The van der Waals surface area contributed by atoms with Crippen LogP contribution in [0.3, 0.4) is 0 Å². The molecule has 364 valence electrons. The third-order valence-corrected chi connectivity index (χ3v) is 17.9. The highest BCUT2D eigenvalue weighted by molar-refractivity contribution is 7.06. The van der Waals surface area contributed by atoms with Gasteiger partial charge in [-0.25, -0.2) is 0 Å². The second-order valence-corrected chi connectivity index (χ2v) is 26.6. The van der Waals surface area contributed by atoms with Gasteiger partial charge in [0.05, 0.1) is 33.4 Å². The van der Waals surface area contributed by atoms with E-state index in [9.17, 15) is 0 Å². The fourth-order valence-corrected chi connectivity index (χ4v) is 14.1. The van der Waals surface area contributed by atoms with Crippen molar-refractivity contribution in [3.63, 3.8) is 0 Å². The standard InChI is InChI=1S/C70H63B2N3/c1-67(2,3)40-29-31-52-48(33-40)50-35-42(69(7,8)9)37-59-62(50)71(52)54-39-61(73-55-25-17-13-21-44(55)45-22-14-18-26-56(45)73)66(74-57-27-19-15-23-46(57)47-24-16-20-28-58(47)74)64-65(54)75(59)60-38-43(70(10,11)12)36-51-49-34-41(68(4,5)6)30-32-53(49)72(64)63(51)60/h13-39H,1-12H3. The Kier molecular flexibility index (Phi) is 8.79.